The molecular weight excluding hydrogens is 334 g/mol. The second kappa shape index (κ2) is 6.55. The van der Waals surface area contributed by atoms with Crippen molar-refractivity contribution in [3.05, 3.63) is 48.0 Å². The number of amides is 1. The number of nitrogens with zero attached hydrogens (tertiary/aromatic N) is 4. The highest BCUT2D eigenvalue weighted by Crippen LogP contribution is 2.22. The third kappa shape index (κ3) is 2.90. The van der Waals surface area contributed by atoms with Gasteiger partial charge in [-0.3, -0.25) is 9.78 Å². The SMILES string of the molecule is CCC(C)(NC(=O)c1nnn(-c2cccc3cnccc23)c1C)C(=O)O. The van der Waals surface area contributed by atoms with Crippen molar-refractivity contribution < 1.29 is 14.7 Å². The van der Waals surface area contributed by atoms with Crippen LogP contribution in [0.5, 0.6) is 0 Å². The molecule has 2 aromatic heterocycles. The lowest BCUT2D eigenvalue weighted by atomic mass is 9.99. The van der Waals surface area contributed by atoms with E-state index in [2.05, 4.69) is 20.6 Å². The maximum absolute atomic E-state index is 12.6. The Morgan fingerprint density at radius 1 is 1.31 bits per heavy atom. The van der Waals surface area contributed by atoms with Crippen molar-refractivity contribution in [2.75, 3.05) is 0 Å². The summed E-state index contributed by atoms with van der Waals surface area (Å²) in [7, 11) is 0. The molecule has 2 heterocycles. The Morgan fingerprint density at radius 3 is 2.77 bits per heavy atom. The molecule has 0 radical (unpaired) electrons. The van der Waals surface area contributed by atoms with Crippen molar-refractivity contribution in [1.29, 1.82) is 0 Å². The first-order valence-corrected chi connectivity index (χ1v) is 8.18. The molecule has 0 saturated heterocycles. The number of rotatable bonds is 5. The van der Waals surface area contributed by atoms with Crippen LogP contribution in [0.3, 0.4) is 0 Å². The van der Waals surface area contributed by atoms with Crippen LogP contribution in [0, 0.1) is 6.92 Å². The summed E-state index contributed by atoms with van der Waals surface area (Å²) < 4.78 is 1.57. The molecule has 2 N–H and O–H groups in total. The van der Waals surface area contributed by atoms with E-state index in [-0.39, 0.29) is 12.1 Å². The van der Waals surface area contributed by atoms with Gasteiger partial charge >= 0.3 is 5.97 Å². The molecule has 0 aliphatic heterocycles. The highest BCUT2D eigenvalue weighted by Gasteiger charge is 2.34. The normalized spacial score (nSPS) is 13.3. The van der Waals surface area contributed by atoms with E-state index >= 15 is 0 Å². The van der Waals surface area contributed by atoms with Crippen LogP contribution in [-0.2, 0) is 4.79 Å². The van der Waals surface area contributed by atoms with Crippen molar-refractivity contribution in [2.24, 2.45) is 0 Å². The molecule has 0 bridgehead atoms. The number of carbonyl (C=O) groups excluding carboxylic acids is 1. The number of aromatic nitrogens is 4. The van der Waals surface area contributed by atoms with Gasteiger partial charge in [-0.1, -0.05) is 24.3 Å². The average Bonchev–Trinajstić information content (AvgIpc) is 3.02. The molecule has 134 valence electrons. The minimum Gasteiger partial charge on any atom is -0.480 e. The maximum atomic E-state index is 12.6. The fourth-order valence-corrected chi connectivity index (χ4v) is 2.66. The molecule has 0 fully saturated rings. The third-order valence-corrected chi connectivity index (χ3v) is 4.56. The number of carboxylic acids is 1. The van der Waals surface area contributed by atoms with Crippen LogP contribution in [0.2, 0.25) is 0 Å². The summed E-state index contributed by atoms with van der Waals surface area (Å²) in [5.74, 6) is -1.66. The summed E-state index contributed by atoms with van der Waals surface area (Å²) in [6, 6.07) is 7.55. The second-order valence-corrected chi connectivity index (χ2v) is 6.25. The summed E-state index contributed by atoms with van der Waals surface area (Å²) >= 11 is 0. The Balaban J connectivity index is 2.00. The van der Waals surface area contributed by atoms with Gasteiger partial charge in [0.1, 0.15) is 5.54 Å². The van der Waals surface area contributed by atoms with E-state index in [4.69, 9.17) is 0 Å². The van der Waals surface area contributed by atoms with E-state index in [1.165, 1.54) is 6.92 Å². The second-order valence-electron chi connectivity index (χ2n) is 6.25. The fraction of sp³-hybridized carbons (Fsp3) is 0.278. The third-order valence-electron chi connectivity index (χ3n) is 4.56. The van der Waals surface area contributed by atoms with E-state index in [9.17, 15) is 14.7 Å². The number of fused-ring (bicyclic) bond motifs is 1. The van der Waals surface area contributed by atoms with Gasteiger partial charge in [-0.2, -0.15) is 0 Å². The molecule has 0 spiro atoms. The van der Waals surface area contributed by atoms with Gasteiger partial charge in [-0.25, -0.2) is 9.48 Å². The molecule has 0 aliphatic carbocycles. The number of pyridine rings is 1. The average molecular weight is 353 g/mol. The zero-order chi connectivity index (χ0) is 18.9. The van der Waals surface area contributed by atoms with Crippen LogP contribution in [0.4, 0.5) is 0 Å². The summed E-state index contributed by atoms with van der Waals surface area (Å²) in [6.45, 7) is 4.88. The predicted octanol–water partition coefficient (Wildman–Crippen LogP) is 2.11. The monoisotopic (exact) mass is 353 g/mol. The number of benzene rings is 1. The first kappa shape index (κ1) is 17.5. The van der Waals surface area contributed by atoms with Crippen LogP contribution in [0.1, 0.15) is 36.5 Å². The first-order valence-electron chi connectivity index (χ1n) is 8.18. The van der Waals surface area contributed by atoms with Gasteiger partial charge in [0.2, 0.25) is 0 Å². The lowest BCUT2D eigenvalue weighted by molar-refractivity contribution is -0.143. The molecule has 8 nitrogen and oxygen atoms in total. The Labute approximate surface area is 149 Å². The molecule has 1 atom stereocenters. The number of hydrogen-bond acceptors (Lipinski definition) is 5. The van der Waals surface area contributed by atoms with Gasteiger partial charge in [-0.15, -0.1) is 5.10 Å². The largest absolute Gasteiger partial charge is 0.480 e. The van der Waals surface area contributed by atoms with Crippen LogP contribution >= 0.6 is 0 Å². The molecule has 0 aliphatic rings. The topological polar surface area (TPSA) is 110 Å². The van der Waals surface area contributed by atoms with Gasteiger partial charge in [0, 0.05) is 23.2 Å². The van der Waals surface area contributed by atoms with Crippen LogP contribution in [0.25, 0.3) is 16.5 Å². The molecule has 1 unspecified atom stereocenters. The van der Waals surface area contributed by atoms with Crippen LogP contribution in [-0.4, -0.2) is 42.5 Å². The molecule has 8 heteroatoms. The fourth-order valence-electron chi connectivity index (χ4n) is 2.66. The zero-order valence-corrected chi connectivity index (χ0v) is 14.7. The van der Waals surface area contributed by atoms with Crippen LogP contribution in [0.15, 0.2) is 36.7 Å². The number of nitrogens with one attached hydrogen (secondary N) is 1. The van der Waals surface area contributed by atoms with Gasteiger partial charge in [0.15, 0.2) is 5.69 Å². The highest BCUT2D eigenvalue weighted by molar-refractivity contribution is 5.97. The molecule has 3 rings (SSSR count). The van der Waals surface area contributed by atoms with Crippen molar-refractivity contribution >= 4 is 22.6 Å². The Kier molecular flexibility index (Phi) is 4.41. The van der Waals surface area contributed by atoms with E-state index in [1.54, 1.807) is 30.9 Å². The molecular formula is C18H19N5O3. The Morgan fingerprint density at radius 2 is 2.08 bits per heavy atom. The van der Waals surface area contributed by atoms with Gasteiger partial charge in [-0.05, 0) is 32.4 Å². The smallest absolute Gasteiger partial charge is 0.329 e. The van der Waals surface area contributed by atoms with Crippen molar-refractivity contribution in [3.63, 3.8) is 0 Å². The van der Waals surface area contributed by atoms with Gasteiger partial charge in [0.05, 0.1) is 11.4 Å². The zero-order valence-electron chi connectivity index (χ0n) is 14.7. The summed E-state index contributed by atoms with van der Waals surface area (Å²) in [6.07, 6.45) is 3.68. The van der Waals surface area contributed by atoms with Gasteiger partial charge in [0.25, 0.3) is 5.91 Å². The van der Waals surface area contributed by atoms with Crippen molar-refractivity contribution in [1.82, 2.24) is 25.3 Å². The summed E-state index contributed by atoms with van der Waals surface area (Å²) in [4.78, 5) is 28.1. The lowest BCUT2D eigenvalue weighted by Gasteiger charge is -2.24. The van der Waals surface area contributed by atoms with Crippen LogP contribution < -0.4 is 5.32 Å². The number of carbonyl (C=O) groups is 2. The molecule has 26 heavy (non-hydrogen) atoms. The van der Waals surface area contributed by atoms with Gasteiger partial charge < -0.3 is 10.4 Å². The predicted molar refractivity (Wildman–Crippen MR) is 95.2 cm³/mol. The first-order chi connectivity index (χ1) is 12.4. The minimum absolute atomic E-state index is 0.0944. The molecule has 0 saturated carbocycles. The molecule has 1 aromatic carbocycles. The van der Waals surface area contributed by atoms with Crippen molar-refractivity contribution in [3.8, 4) is 5.69 Å². The quantitative estimate of drug-likeness (QED) is 0.727. The van der Waals surface area contributed by atoms with Crippen molar-refractivity contribution in [2.45, 2.75) is 32.7 Å². The number of hydrogen-bond donors (Lipinski definition) is 2. The van der Waals surface area contributed by atoms with E-state index in [1.807, 2.05) is 24.3 Å². The maximum Gasteiger partial charge on any atom is 0.329 e. The Bertz CT molecular complexity index is 992. The highest BCUT2D eigenvalue weighted by atomic mass is 16.4. The van der Waals surface area contributed by atoms with E-state index in [0.717, 1.165) is 16.5 Å². The standard InChI is InChI=1S/C18H19N5O3/c1-4-18(3,17(25)26)20-16(24)15-11(2)23(22-21-15)14-7-5-6-12-10-19-9-8-13(12)14/h5-10H,4H2,1-3H3,(H,20,24)(H,25,26). The van der Waals surface area contributed by atoms with E-state index in [0.29, 0.717) is 5.69 Å². The number of carboxylic acid groups (broad SMARTS) is 1. The molecule has 1 amide bonds. The summed E-state index contributed by atoms with van der Waals surface area (Å²) in [5.41, 5.74) is 0.0244. The number of aliphatic carboxylic acids is 1. The lowest BCUT2D eigenvalue weighted by Crippen LogP contribution is -2.51. The summed E-state index contributed by atoms with van der Waals surface area (Å²) in [5, 5.41) is 21.8. The molecule has 3 aromatic rings. The Hall–Kier alpha value is -3.29. The minimum atomic E-state index is -1.36. The van der Waals surface area contributed by atoms with E-state index < -0.39 is 17.4 Å².